The van der Waals surface area contributed by atoms with Crippen LogP contribution in [-0.4, -0.2) is 30.6 Å². The standard InChI is InChI=1S/C13H14ClFN2O4/c1-2-21-12(18)10-6-16-7-13(10,17(19)20)9-5-8(14)3-4-11(9)15/h3-5,10,16H,2,6-7H2,1H3/t10-,13-/m1/s1. The normalized spacial score (nSPS) is 24.8. The molecule has 0 aromatic heterocycles. The molecule has 2 atom stereocenters. The third kappa shape index (κ3) is 2.58. The molecule has 114 valence electrons. The fourth-order valence-electron chi connectivity index (χ4n) is 2.62. The van der Waals surface area contributed by atoms with Crippen LogP contribution < -0.4 is 5.32 Å². The van der Waals surface area contributed by atoms with Gasteiger partial charge >= 0.3 is 5.97 Å². The molecule has 1 aromatic carbocycles. The van der Waals surface area contributed by atoms with E-state index in [9.17, 15) is 19.3 Å². The number of hydrogen-bond acceptors (Lipinski definition) is 5. The van der Waals surface area contributed by atoms with Crippen LogP contribution in [0.15, 0.2) is 18.2 Å². The van der Waals surface area contributed by atoms with Crippen molar-refractivity contribution in [1.82, 2.24) is 5.32 Å². The zero-order valence-electron chi connectivity index (χ0n) is 11.3. The van der Waals surface area contributed by atoms with Crippen molar-refractivity contribution in [1.29, 1.82) is 0 Å². The first-order valence-corrected chi connectivity index (χ1v) is 6.78. The van der Waals surface area contributed by atoms with E-state index in [1.165, 1.54) is 12.1 Å². The van der Waals surface area contributed by atoms with E-state index in [4.69, 9.17) is 16.3 Å². The SMILES string of the molecule is CCOC(=O)[C@H]1CNC[C@]1(c1cc(Cl)ccc1F)[N+](=O)[O-]. The van der Waals surface area contributed by atoms with E-state index >= 15 is 0 Å². The monoisotopic (exact) mass is 316 g/mol. The van der Waals surface area contributed by atoms with Crippen molar-refractivity contribution in [2.75, 3.05) is 19.7 Å². The molecule has 21 heavy (non-hydrogen) atoms. The second-order valence-electron chi connectivity index (χ2n) is 4.74. The molecule has 1 N–H and O–H groups in total. The van der Waals surface area contributed by atoms with Crippen LogP contribution in [0, 0.1) is 21.8 Å². The number of nitrogens with zero attached hydrogens (tertiary/aromatic N) is 1. The molecule has 2 rings (SSSR count). The molecule has 0 spiro atoms. The quantitative estimate of drug-likeness (QED) is 0.520. The summed E-state index contributed by atoms with van der Waals surface area (Å²) in [5, 5.41) is 14.6. The van der Waals surface area contributed by atoms with Crippen LogP contribution in [0.1, 0.15) is 12.5 Å². The maximum absolute atomic E-state index is 14.1. The predicted octanol–water partition coefficient (Wildman–Crippen LogP) is 1.73. The minimum atomic E-state index is -1.92. The highest BCUT2D eigenvalue weighted by Crippen LogP contribution is 2.39. The van der Waals surface area contributed by atoms with E-state index in [2.05, 4.69) is 5.32 Å². The van der Waals surface area contributed by atoms with Crippen LogP contribution in [0.25, 0.3) is 0 Å². The summed E-state index contributed by atoms with van der Waals surface area (Å²) in [5.74, 6) is -2.60. The summed E-state index contributed by atoms with van der Waals surface area (Å²) in [6.45, 7) is 1.59. The molecule has 0 bridgehead atoms. The lowest BCUT2D eigenvalue weighted by Gasteiger charge is -2.25. The van der Waals surface area contributed by atoms with Crippen molar-refractivity contribution in [2.45, 2.75) is 12.5 Å². The molecule has 6 nitrogen and oxygen atoms in total. The molecule has 1 aromatic rings. The zero-order chi connectivity index (χ0) is 15.6. The Labute approximate surface area is 125 Å². The molecule has 1 aliphatic rings. The first-order valence-electron chi connectivity index (χ1n) is 6.41. The van der Waals surface area contributed by atoms with Gasteiger partial charge in [-0.25, -0.2) is 4.39 Å². The highest BCUT2D eigenvalue weighted by atomic mass is 35.5. The average Bonchev–Trinajstić information content (AvgIpc) is 2.87. The third-order valence-corrected chi connectivity index (χ3v) is 3.85. The Hall–Kier alpha value is -1.73. The predicted molar refractivity (Wildman–Crippen MR) is 73.1 cm³/mol. The number of nitrogens with one attached hydrogen (secondary N) is 1. The Morgan fingerprint density at radius 2 is 2.38 bits per heavy atom. The average molecular weight is 317 g/mol. The highest BCUT2D eigenvalue weighted by Gasteiger charge is 2.60. The van der Waals surface area contributed by atoms with E-state index < -0.39 is 28.2 Å². The molecule has 1 heterocycles. The van der Waals surface area contributed by atoms with Crippen molar-refractivity contribution in [3.05, 3.63) is 44.7 Å². The Bertz CT molecular complexity index is 583. The van der Waals surface area contributed by atoms with Gasteiger partial charge in [0, 0.05) is 16.5 Å². The van der Waals surface area contributed by atoms with Crippen molar-refractivity contribution in [3.8, 4) is 0 Å². The van der Waals surface area contributed by atoms with Crippen LogP contribution in [0.4, 0.5) is 4.39 Å². The smallest absolute Gasteiger partial charge is 0.318 e. The maximum Gasteiger partial charge on any atom is 0.318 e. The number of hydrogen-bond donors (Lipinski definition) is 1. The van der Waals surface area contributed by atoms with Gasteiger partial charge in [0.15, 0.2) is 0 Å². The molecule has 0 amide bonds. The van der Waals surface area contributed by atoms with Crippen LogP contribution in [0.3, 0.4) is 0 Å². The van der Waals surface area contributed by atoms with Gasteiger partial charge in [-0.15, -0.1) is 0 Å². The Balaban J connectivity index is 2.57. The zero-order valence-corrected chi connectivity index (χ0v) is 12.0. The summed E-state index contributed by atoms with van der Waals surface area (Å²) in [4.78, 5) is 23.0. The molecule has 1 aliphatic heterocycles. The number of halogens is 2. The fraction of sp³-hybridized carbons (Fsp3) is 0.462. The molecule has 0 saturated carbocycles. The van der Waals surface area contributed by atoms with Crippen molar-refractivity contribution < 1.29 is 18.8 Å². The van der Waals surface area contributed by atoms with Gasteiger partial charge in [-0.3, -0.25) is 14.9 Å². The second-order valence-corrected chi connectivity index (χ2v) is 5.18. The molecule has 1 saturated heterocycles. The van der Waals surface area contributed by atoms with Crippen molar-refractivity contribution in [3.63, 3.8) is 0 Å². The van der Waals surface area contributed by atoms with Gasteiger partial charge in [0.1, 0.15) is 11.7 Å². The van der Waals surface area contributed by atoms with Gasteiger partial charge in [0.2, 0.25) is 0 Å². The number of carbonyl (C=O) groups is 1. The van der Waals surface area contributed by atoms with E-state index in [0.717, 1.165) is 6.07 Å². The number of rotatable bonds is 4. The summed E-state index contributed by atoms with van der Waals surface area (Å²) >= 11 is 5.82. The molecule has 0 aliphatic carbocycles. The maximum atomic E-state index is 14.1. The van der Waals surface area contributed by atoms with Crippen LogP contribution in [-0.2, 0) is 15.1 Å². The molecule has 0 unspecified atom stereocenters. The largest absolute Gasteiger partial charge is 0.466 e. The highest BCUT2D eigenvalue weighted by molar-refractivity contribution is 6.30. The summed E-state index contributed by atoms with van der Waals surface area (Å²) in [5.41, 5.74) is -2.12. The van der Waals surface area contributed by atoms with Gasteiger partial charge in [-0.1, -0.05) is 11.6 Å². The molecular weight excluding hydrogens is 303 g/mol. The summed E-state index contributed by atoms with van der Waals surface area (Å²) in [6.07, 6.45) is 0. The van der Waals surface area contributed by atoms with Crippen molar-refractivity contribution in [2.24, 2.45) is 5.92 Å². The van der Waals surface area contributed by atoms with E-state index in [1.807, 2.05) is 0 Å². The van der Waals surface area contributed by atoms with Gasteiger partial charge in [-0.2, -0.15) is 0 Å². The van der Waals surface area contributed by atoms with Crippen LogP contribution >= 0.6 is 11.6 Å². The van der Waals surface area contributed by atoms with Gasteiger partial charge in [0.25, 0.3) is 5.54 Å². The van der Waals surface area contributed by atoms with Gasteiger partial charge < -0.3 is 10.1 Å². The van der Waals surface area contributed by atoms with Crippen LogP contribution in [0.2, 0.25) is 5.02 Å². The number of benzene rings is 1. The summed E-state index contributed by atoms with van der Waals surface area (Å²) in [7, 11) is 0. The molecule has 0 radical (unpaired) electrons. The van der Waals surface area contributed by atoms with Crippen molar-refractivity contribution >= 4 is 17.6 Å². The Kier molecular flexibility index (Phi) is 4.43. The number of ether oxygens (including phenoxy) is 1. The lowest BCUT2D eigenvalue weighted by atomic mass is 9.80. The lowest BCUT2D eigenvalue weighted by molar-refractivity contribution is -0.580. The Morgan fingerprint density at radius 1 is 1.67 bits per heavy atom. The fourth-order valence-corrected chi connectivity index (χ4v) is 2.79. The lowest BCUT2D eigenvalue weighted by Crippen LogP contribution is -2.47. The summed E-state index contributed by atoms with van der Waals surface area (Å²) in [6, 6.07) is 3.55. The number of carbonyl (C=O) groups excluding carboxylic acids is 1. The molecule has 1 fully saturated rings. The number of nitro groups is 1. The van der Waals surface area contributed by atoms with Gasteiger partial charge in [-0.05, 0) is 25.1 Å². The minimum absolute atomic E-state index is 0.0474. The third-order valence-electron chi connectivity index (χ3n) is 3.61. The Morgan fingerprint density at radius 3 is 3.00 bits per heavy atom. The minimum Gasteiger partial charge on any atom is -0.466 e. The van der Waals surface area contributed by atoms with E-state index in [-0.39, 0.29) is 30.3 Å². The summed E-state index contributed by atoms with van der Waals surface area (Å²) < 4.78 is 19.0. The first-order chi connectivity index (χ1) is 9.93. The second kappa shape index (κ2) is 5.95. The van der Waals surface area contributed by atoms with Crippen LogP contribution in [0.5, 0.6) is 0 Å². The topological polar surface area (TPSA) is 81.5 Å². The first kappa shape index (κ1) is 15.7. The van der Waals surface area contributed by atoms with E-state index in [1.54, 1.807) is 6.92 Å². The van der Waals surface area contributed by atoms with E-state index in [0.29, 0.717) is 0 Å². The number of esters is 1. The molecular formula is C13H14ClFN2O4. The van der Waals surface area contributed by atoms with Gasteiger partial charge in [0.05, 0.1) is 18.7 Å². The molecule has 8 heteroatoms.